The molecule has 27 heavy (non-hydrogen) atoms. The molecule has 7 nitrogen and oxygen atoms in total. The number of aromatic nitrogens is 3. The number of nitrogens with one attached hydrogen (secondary N) is 2. The molecular weight excluding hydrogens is 344 g/mol. The number of aryl methyl sites for hydroxylation is 2. The van der Waals surface area contributed by atoms with Crippen LogP contribution in [0.15, 0.2) is 33.9 Å². The van der Waals surface area contributed by atoms with Crippen molar-refractivity contribution in [2.24, 2.45) is 0 Å². The minimum Gasteiger partial charge on any atom is -0.348 e. The number of amides is 1. The summed E-state index contributed by atoms with van der Waals surface area (Å²) in [5.74, 6) is -0.264. The van der Waals surface area contributed by atoms with Crippen LogP contribution in [0.25, 0.3) is 0 Å². The minimum absolute atomic E-state index is 0.00926. The lowest BCUT2D eigenvalue weighted by Gasteiger charge is -2.30. The van der Waals surface area contributed by atoms with Gasteiger partial charge in [0.2, 0.25) is 5.56 Å². The molecule has 4 rings (SSSR count). The fraction of sp³-hybridized carbons (Fsp3) is 0.500. The number of H-pyrrole nitrogens is 1. The first kappa shape index (κ1) is 17.7. The number of pyridine rings is 1. The molecule has 2 aromatic heterocycles. The SMILES string of the molecule is O=C(NC1CCC(n2nc3c(cc2=O)CCCC3)CC1)c1cccc(=O)[nH]1. The average molecular weight is 368 g/mol. The van der Waals surface area contributed by atoms with Crippen molar-refractivity contribution in [3.05, 3.63) is 61.9 Å². The molecule has 1 fully saturated rings. The second-order valence-electron chi connectivity index (χ2n) is 7.51. The first-order valence-corrected chi connectivity index (χ1v) is 9.72. The molecule has 0 saturated heterocycles. The van der Waals surface area contributed by atoms with Crippen molar-refractivity contribution in [3.63, 3.8) is 0 Å². The Morgan fingerprint density at radius 1 is 1.11 bits per heavy atom. The van der Waals surface area contributed by atoms with E-state index in [-0.39, 0.29) is 34.8 Å². The summed E-state index contributed by atoms with van der Waals surface area (Å²) in [5.41, 5.74) is 2.16. The number of rotatable bonds is 3. The molecule has 1 saturated carbocycles. The maximum Gasteiger partial charge on any atom is 0.268 e. The van der Waals surface area contributed by atoms with E-state index >= 15 is 0 Å². The van der Waals surface area contributed by atoms with E-state index < -0.39 is 0 Å². The average Bonchev–Trinajstić information content (AvgIpc) is 2.68. The highest BCUT2D eigenvalue weighted by Gasteiger charge is 2.26. The van der Waals surface area contributed by atoms with Crippen LogP contribution in [0.3, 0.4) is 0 Å². The topological polar surface area (TPSA) is 96.8 Å². The van der Waals surface area contributed by atoms with E-state index in [1.165, 1.54) is 6.07 Å². The van der Waals surface area contributed by atoms with E-state index in [1.54, 1.807) is 22.9 Å². The van der Waals surface area contributed by atoms with E-state index in [4.69, 9.17) is 0 Å². The second kappa shape index (κ2) is 7.50. The normalized spacial score (nSPS) is 22.1. The highest BCUT2D eigenvalue weighted by Crippen LogP contribution is 2.28. The molecule has 2 N–H and O–H groups in total. The summed E-state index contributed by atoms with van der Waals surface area (Å²) in [7, 11) is 0. The molecule has 142 valence electrons. The lowest BCUT2D eigenvalue weighted by atomic mass is 9.91. The predicted octanol–water partition coefficient (Wildman–Crippen LogP) is 1.72. The van der Waals surface area contributed by atoms with E-state index in [1.807, 2.05) is 0 Å². The molecule has 2 heterocycles. The van der Waals surface area contributed by atoms with Crippen molar-refractivity contribution < 1.29 is 4.79 Å². The zero-order valence-electron chi connectivity index (χ0n) is 15.2. The first-order valence-electron chi connectivity index (χ1n) is 9.72. The predicted molar refractivity (Wildman–Crippen MR) is 101 cm³/mol. The summed E-state index contributed by atoms with van der Waals surface area (Å²) in [6.07, 6.45) is 7.38. The van der Waals surface area contributed by atoms with Gasteiger partial charge in [-0.2, -0.15) is 5.10 Å². The van der Waals surface area contributed by atoms with Crippen LogP contribution in [0, 0.1) is 0 Å². The van der Waals surface area contributed by atoms with E-state index in [0.29, 0.717) is 0 Å². The van der Waals surface area contributed by atoms with Crippen molar-refractivity contribution in [3.8, 4) is 0 Å². The summed E-state index contributed by atoms with van der Waals surface area (Å²) in [6, 6.07) is 6.45. The third kappa shape index (κ3) is 3.86. The third-order valence-corrected chi connectivity index (χ3v) is 5.62. The molecular formula is C20H24N4O3. The van der Waals surface area contributed by atoms with Crippen LogP contribution in [-0.2, 0) is 12.8 Å². The summed E-state index contributed by atoms with van der Waals surface area (Å²) in [5, 5.41) is 7.64. The fourth-order valence-corrected chi connectivity index (χ4v) is 4.15. The van der Waals surface area contributed by atoms with Crippen molar-refractivity contribution in [1.82, 2.24) is 20.1 Å². The van der Waals surface area contributed by atoms with Gasteiger partial charge < -0.3 is 10.3 Å². The van der Waals surface area contributed by atoms with Crippen molar-refractivity contribution in [1.29, 1.82) is 0 Å². The number of nitrogens with zero attached hydrogens (tertiary/aromatic N) is 2. The number of fused-ring (bicyclic) bond motifs is 1. The molecule has 0 radical (unpaired) electrons. The molecule has 1 amide bonds. The van der Waals surface area contributed by atoms with Crippen molar-refractivity contribution in [2.75, 3.05) is 0 Å². The molecule has 0 atom stereocenters. The summed E-state index contributed by atoms with van der Waals surface area (Å²) in [6.45, 7) is 0. The molecule has 2 aliphatic carbocycles. The Balaban J connectivity index is 1.40. The van der Waals surface area contributed by atoms with Gasteiger partial charge in [0.1, 0.15) is 5.69 Å². The first-order chi connectivity index (χ1) is 13.1. The van der Waals surface area contributed by atoms with Crippen molar-refractivity contribution in [2.45, 2.75) is 63.5 Å². The maximum atomic E-state index is 12.5. The second-order valence-corrected chi connectivity index (χ2v) is 7.51. The summed E-state index contributed by atoms with van der Waals surface area (Å²) < 4.78 is 1.66. The highest BCUT2D eigenvalue weighted by atomic mass is 16.2. The third-order valence-electron chi connectivity index (χ3n) is 5.62. The number of aromatic amines is 1. The van der Waals surface area contributed by atoms with Gasteiger partial charge >= 0.3 is 0 Å². The molecule has 0 aliphatic heterocycles. The Kier molecular flexibility index (Phi) is 4.92. The van der Waals surface area contributed by atoms with Gasteiger partial charge in [0.25, 0.3) is 11.5 Å². The van der Waals surface area contributed by atoms with Crippen LogP contribution >= 0.6 is 0 Å². The Labute approximate surface area is 156 Å². The van der Waals surface area contributed by atoms with E-state index in [0.717, 1.165) is 62.6 Å². The van der Waals surface area contributed by atoms with Crippen LogP contribution < -0.4 is 16.4 Å². The largest absolute Gasteiger partial charge is 0.348 e. The van der Waals surface area contributed by atoms with Gasteiger partial charge in [-0.25, -0.2) is 4.68 Å². The number of carbonyl (C=O) groups is 1. The van der Waals surface area contributed by atoms with Crippen LogP contribution in [0.2, 0.25) is 0 Å². The summed E-state index contributed by atoms with van der Waals surface area (Å²) >= 11 is 0. The Morgan fingerprint density at radius 2 is 1.89 bits per heavy atom. The van der Waals surface area contributed by atoms with Gasteiger partial charge in [-0.15, -0.1) is 0 Å². The monoisotopic (exact) mass is 368 g/mol. The van der Waals surface area contributed by atoms with Gasteiger partial charge in [-0.05, 0) is 63.0 Å². The lowest BCUT2D eigenvalue weighted by Crippen LogP contribution is -2.40. The van der Waals surface area contributed by atoms with Crippen LogP contribution in [-0.4, -0.2) is 26.7 Å². The molecule has 0 aromatic carbocycles. The number of hydrogen-bond acceptors (Lipinski definition) is 4. The van der Waals surface area contributed by atoms with Gasteiger partial charge in [0, 0.05) is 18.2 Å². The fourth-order valence-electron chi connectivity index (χ4n) is 4.15. The molecule has 7 heteroatoms. The van der Waals surface area contributed by atoms with Crippen molar-refractivity contribution >= 4 is 5.91 Å². The quantitative estimate of drug-likeness (QED) is 0.862. The van der Waals surface area contributed by atoms with Crippen LogP contribution in [0.1, 0.15) is 66.3 Å². The maximum absolute atomic E-state index is 12.5. The zero-order chi connectivity index (χ0) is 18.8. The number of hydrogen-bond donors (Lipinski definition) is 2. The zero-order valence-corrected chi connectivity index (χ0v) is 15.2. The van der Waals surface area contributed by atoms with Gasteiger partial charge in [0.05, 0.1) is 11.7 Å². The molecule has 2 aromatic rings. The standard InChI is InChI=1S/C20H24N4O3/c25-18-7-3-6-17(22-18)20(27)21-14-8-10-15(11-9-14)24-19(26)12-13-4-1-2-5-16(13)23-24/h3,6-7,12,14-15H,1-2,4-5,8-11H2,(H,21,27)(H,22,25). The summed E-state index contributed by atoms with van der Waals surface area (Å²) in [4.78, 5) is 38.6. The highest BCUT2D eigenvalue weighted by molar-refractivity contribution is 5.92. The number of carbonyl (C=O) groups excluding carboxylic acids is 1. The Hall–Kier alpha value is -2.70. The van der Waals surface area contributed by atoms with Gasteiger partial charge in [-0.1, -0.05) is 6.07 Å². The molecule has 0 bridgehead atoms. The van der Waals surface area contributed by atoms with Gasteiger partial charge in [-0.3, -0.25) is 14.4 Å². The van der Waals surface area contributed by atoms with Crippen LogP contribution in [0.4, 0.5) is 0 Å². The van der Waals surface area contributed by atoms with Gasteiger partial charge in [0.15, 0.2) is 0 Å². The lowest BCUT2D eigenvalue weighted by molar-refractivity contribution is 0.0916. The van der Waals surface area contributed by atoms with E-state index in [2.05, 4.69) is 15.4 Å². The van der Waals surface area contributed by atoms with Crippen LogP contribution in [0.5, 0.6) is 0 Å². The Morgan fingerprint density at radius 3 is 2.67 bits per heavy atom. The smallest absolute Gasteiger partial charge is 0.268 e. The molecule has 0 spiro atoms. The Bertz CT molecular complexity index is 954. The minimum atomic E-state index is -0.288. The molecule has 0 unspecified atom stereocenters. The van der Waals surface area contributed by atoms with E-state index in [9.17, 15) is 14.4 Å². The molecule has 2 aliphatic rings.